The molecule has 124 valence electrons. The number of aromatic nitrogens is 3. The van der Waals surface area contributed by atoms with Crippen LogP contribution in [0.15, 0.2) is 48.8 Å². The first-order valence-electron chi connectivity index (χ1n) is 7.48. The predicted octanol–water partition coefficient (Wildman–Crippen LogP) is 3.77. The van der Waals surface area contributed by atoms with Gasteiger partial charge < -0.3 is 15.0 Å². The zero-order valence-corrected chi connectivity index (χ0v) is 13.2. The topological polar surface area (TPSA) is 106 Å². The fourth-order valence-corrected chi connectivity index (χ4v) is 2.81. The summed E-state index contributed by atoms with van der Waals surface area (Å²) in [6.45, 7) is 0. The highest BCUT2D eigenvalue weighted by Crippen LogP contribution is 2.34. The lowest BCUT2D eigenvalue weighted by Crippen LogP contribution is -1.96. The molecule has 4 aromatic rings. The SMILES string of the molecule is COc1cccc2[nH]c3c(Nc4cccc([N+](=O)[O-])c4)ncnc3c12. The quantitative estimate of drug-likeness (QED) is 0.434. The molecular formula is C17H13N5O3. The van der Waals surface area contributed by atoms with Gasteiger partial charge in [-0.1, -0.05) is 12.1 Å². The monoisotopic (exact) mass is 335 g/mol. The highest BCUT2D eigenvalue weighted by molar-refractivity contribution is 6.11. The van der Waals surface area contributed by atoms with E-state index >= 15 is 0 Å². The lowest BCUT2D eigenvalue weighted by atomic mass is 10.2. The zero-order chi connectivity index (χ0) is 17.4. The van der Waals surface area contributed by atoms with Crippen LogP contribution in [0.3, 0.4) is 0 Å². The van der Waals surface area contributed by atoms with Crippen molar-refractivity contribution in [1.29, 1.82) is 0 Å². The van der Waals surface area contributed by atoms with Gasteiger partial charge in [0, 0.05) is 17.8 Å². The number of methoxy groups -OCH3 is 1. The molecule has 2 aromatic carbocycles. The van der Waals surface area contributed by atoms with E-state index in [1.807, 2.05) is 18.2 Å². The first-order chi connectivity index (χ1) is 12.2. The van der Waals surface area contributed by atoms with Crippen LogP contribution in [0.5, 0.6) is 5.75 Å². The summed E-state index contributed by atoms with van der Waals surface area (Å²) < 4.78 is 5.42. The van der Waals surface area contributed by atoms with Crippen LogP contribution >= 0.6 is 0 Å². The van der Waals surface area contributed by atoms with E-state index in [-0.39, 0.29) is 5.69 Å². The molecule has 2 heterocycles. The van der Waals surface area contributed by atoms with Gasteiger partial charge in [0.05, 0.1) is 22.9 Å². The van der Waals surface area contributed by atoms with Crippen LogP contribution in [0.1, 0.15) is 0 Å². The predicted molar refractivity (Wildman–Crippen MR) is 94.3 cm³/mol. The van der Waals surface area contributed by atoms with Gasteiger partial charge in [-0.15, -0.1) is 0 Å². The zero-order valence-electron chi connectivity index (χ0n) is 13.2. The molecule has 25 heavy (non-hydrogen) atoms. The van der Waals surface area contributed by atoms with E-state index in [1.54, 1.807) is 19.2 Å². The molecule has 0 unspecified atom stereocenters. The van der Waals surface area contributed by atoms with Crippen LogP contribution < -0.4 is 10.1 Å². The van der Waals surface area contributed by atoms with Crippen molar-refractivity contribution in [2.45, 2.75) is 0 Å². The molecule has 8 heteroatoms. The number of hydrogen-bond donors (Lipinski definition) is 2. The molecule has 4 rings (SSSR count). The van der Waals surface area contributed by atoms with E-state index in [0.717, 1.165) is 16.4 Å². The maximum absolute atomic E-state index is 10.9. The largest absolute Gasteiger partial charge is 0.496 e. The minimum absolute atomic E-state index is 0.00798. The first-order valence-corrected chi connectivity index (χ1v) is 7.48. The molecule has 0 radical (unpaired) electrons. The Balaban J connectivity index is 1.86. The van der Waals surface area contributed by atoms with E-state index < -0.39 is 4.92 Å². The van der Waals surface area contributed by atoms with Crippen LogP contribution in [0.4, 0.5) is 17.2 Å². The molecule has 0 bridgehead atoms. The Labute approximate surface area is 141 Å². The Bertz CT molecular complexity index is 1110. The number of anilines is 2. The Morgan fingerprint density at radius 1 is 1.20 bits per heavy atom. The molecule has 0 spiro atoms. The van der Waals surface area contributed by atoms with Crippen LogP contribution in [-0.4, -0.2) is 27.0 Å². The minimum atomic E-state index is -0.436. The number of H-pyrrole nitrogens is 1. The number of aromatic amines is 1. The second-order valence-electron chi connectivity index (χ2n) is 5.39. The number of fused-ring (bicyclic) bond motifs is 3. The summed E-state index contributed by atoms with van der Waals surface area (Å²) in [5, 5.41) is 14.9. The molecule has 0 aliphatic heterocycles. The molecule has 0 aliphatic carbocycles. The molecular weight excluding hydrogens is 322 g/mol. The third-order valence-electron chi connectivity index (χ3n) is 3.91. The third-order valence-corrected chi connectivity index (χ3v) is 3.91. The molecule has 8 nitrogen and oxygen atoms in total. The summed E-state index contributed by atoms with van der Waals surface area (Å²) in [6, 6.07) is 11.9. The van der Waals surface area contributed by atoms with Crippen molar-refractivity contribution < 1.29 is 9.66 Å². The molecule has 2 aromatic heterocycles. The van der Waals surface area contributed by atoms with Gasteiger partial charge in [-0.25, -0.2) is 9.97 Å². The first kappa shape index (κ1) is 14.9. The third kappa shape index (κ3) is 2.49. The number of nitrogens with zero attached hydrogens (tertiary/aromatic N) is 3. The number of benzene rings is 2. The van der Waals surface area contributed by atoms with E-state index in [2.05, 4.69) is 20.3 Å². The van der Waals surface area contributed by atoms with Crippen LogP contribution in [-0.2, 0) is 0 Å². The summed E-state index contributed by atoms with van der Waals surface area (Å²) in [7, 11) is 1.61. The van der Waals surface area contributed by atoms with E-state index in [9.17, 15) is 10.1 Å². The van der Waals surface area contributed by atoms with E-state index in [4.69, 9.17) is 4.74 Å². The van der Waals surface area contributed by atoms with Crippen molar-refractivity contribution in [3.63, 3.8) is 0 Å². The van der Waals surface area contributed by atoms with E-state index in [0.29, 0.717) is 22.8 Å². The normalized spacial score (nSPS) is 10.9. The maximum atomic E-state index is 10.9. The van der Waals surface area contributed by atoms with Gasteiger partial charge in [-0.2, -0.15) is 0 Å². The molecule has 0 saturated heterocycles. The van der Waals surface area contributed by atoms with Gasteiger partial charge in [-0.05, 0) is 18.2 Å². The van der Waals surface area contributed by atoms with Gasteiger partial charge in [0.1, 0.15) is 23.1 Å². The molecule has 0 saturated carbocycles. The summed E-state index contributed by atoms with van der Waals surface area (Å²) in [4.78, 5) is 22.4. The Kier molecular flexibility index (Phi) is 3.42. The Morgan fingerprint density at radius 3 is 2.84 bits per heavy atom. The van der Waals surface area contributed by atoms with Crippen LogP contribution in [0.2, 0.25) is 0 Å². The van der Waals surface area contributed by atoms with E-state index in [1.165, 1.54) is 18.5 Å². The van der Waals surface area contributed by atoms with Gasteiger partial charge in [0.25, 0.3) is 5.69 Å². The second-order valence-corrected chi connectivity index (χ2v) is 5.39. The number of nitro groups is 1. The van der Waals surface area contributed by atoms with Crippen molar-refractivity contribution in [3.8, 4) is 5.75 Å². The average Bonchev–Trinajstić information content (AvgIpc) is 3.02. The molecule has 0 atom stereocenters. The van der Waals surface area contributed by atoms with Gasteiger partial charge in [-0.3, -0.25) is 10.1 Å². The van der Waals surface area contributed by atoms with Gasteiger partial charge in [0.2, 0.25) is 0 Å². The molecule has 0 aliphatic rings. The van der Waals surface area contributed by atoms with Crippen molar-refractivity contribution in [1.82, 2.24) is 15.0 Å². The van der Waals surface area contributed by atoms with Crippen molar-refractivity contribution in [2.75, 3.05) is 12.4 Å². The molecule has 0 amide bonds. The highest BCUT2D eigenvalue weighted by Gasteiger charge is 2.15. The van der Waals surface area contributed by atoms with Gasteiger partial charge in [0.15, 0.2) is 5.82 Å². The number of nitrogens with one attached hydrogen (secondary N) is 2. The highest BCUT2D eigenvalue weighted by atomic mass is 16.6. The van der Waals surface area contributed by atoms with Crippen molar-refractivity contribution >= 4 is 39.1 Å². The summed E-state index contributed by atoms with van der Waals surface area (Å²) in [6.07, 6.45) is 1.45. The second kappa shape index (κ2) is 5.75. The Hall–Kier alpha value is -3.68. The smallest absolute Gasteiger partial charge is 0.271 e. The molecule has 0 fully saturated rings. The van der Waals surface area contributed by atoms with Crippen molar-refractivity contribution in [3.05, 3.63) is 58.9 Å². The standard InChI is InChI=1S/C17H13N5O3/c1-25-13-7-3-6-12-14(13)15-16(21-12)17(19-9-18-15)20-10-4-2-5-11(8-10)22(23)24/h2-9,21H,1H3,(H,18,19,20). The number of nitro benzene ring substituents is 1. The lowest BCUT2D eigenvalue weighted by Gasteiger charge is -2.06. The average molecular weight is 335 g/mol. The Morgan fingerprint density at radius 2 is 2.04 bits per heavy atom. The minimum Gasteiger partial charge on any atom is -0.496 e. The number of ether oxygens (including phenoxy) is 1. The summed E-state index contributed by atoms with van der Waals surface area (Å²) >= 11 is 0. The van der Waals surface area contributed by atoms with Crippen LogP contribution in [0, 0.1) is 10.1 Å². The number of rotatable bonds is 4. The number of hydrogen-bond acceptors (Lipinski definition) is 6. The fraction of sp³-hybridized carbons (Fsp3) is 0.0588. The lowest BCUT2D eigenvalue weighted by molar-refractivity contribution is -0.384. The van der Waals surface area contributed by atoms with Crippen LogP contribution in [0.25, 0.3) is 21.9 Å². The fourth-order valence-electron chi connectivity index (χ4n) is 2.81. The summed E-state index contributed by atoms with van der Waals surface area (Å²) in [5.74, 6) is 1.24. The molecule has 2 N–H and O–H groups in total. The maximum Gasteiger partial charge on any atom is 0.271 e. The number of non-ortho nitro benzene ring substituents is 1. The van der Waals surface area contributed by atoms with Gasteiger partial charge >= 0.3 is 0 Å². The summed E-state index contributed by atoms with van der Waals surface area (Å²) in [5.41, 5.74) is 2.87. The van der Waals surface area contributed by atoms with Crippen molar-refractivity contribution in [2.24, 2.45) is 0 Å².